The lowest BCUT2D eigenvalue weighted by Gasteiger charge is -2.49. The van der Waals surface area contributed by atoms with E-state index < -0.39 is 0 Å². The van der Waals surface area contributed by atoms with Crippen LogP contribution in [0.5, 0.6) is 0 Å². The first kappa shape index (κ1) is 27.5. The Labute approximate surface area is 210 Å². The van der Waals surface area contributed by atoms with Crippen LogP contribution in [0.25, 0.3) is 0 Å². The fourth-order valence-electron chi connectivity index (χ4n) is 5.11. The van der Waals surface area contributed by atoms with Gasteiger partial charge in [-0.2, -0.15) is 0 Å². The molecular weight excluding hydrogens is 448 g/mol. The molecule has 192 valence electrons. The molecular formula is C28H44O5S. The van der Waals surface area contributed by atoms with Crippen molar-refractivity contribution in [2.45, 2.75) is 97.1 Å². The Balaban J connectivity index is 1.77. The zero-order chi connectivity index (χ0) is 25.0. The van der Waals surface area contributed by atoms with Crippen LogP contribution < -0.4 is 0 Å². The summed E-state index contributed by atoms with van der Waals surface area (Å²) in [7, 11) is 0. The fraction of sp³-hybridized carbons (Fsp3) is 0.750. The molecule has 1 aromatic carbocycles. The SMILES string of the molecule is CCC1O[C@@H](O[C@H]2C(COC(=O)c3ccccc3)O[C@@H](SC(C)C)C(C)[C@H]2C)C(C)[C@@H](C)[C@@H]1C. The molecule has 6 heteroatoms. The third-order valence-electron chi connectivity index (χ3n) is 7.92. The summed E-state index contributed by atoms with van der Waals surface area (Å²) in [5, 5.41) is 0.444. The summed E-state index contributed by atoms with van der Waals surface area (Å²) < 4.78 is 25.5. The van der Waals surface area contributed by atoms with Crippen molar-refractivity contribution < 1.29 is 23.7 Å². The molecule has 0 amide bonds. The molecule has 10 atom stereocenters. The van der Waals surface area contributed by atoms with Crippen molar-refractivity contribution in [1.29, 1.82) is 0 Å². The van der Waals surface area contributed by atoms with E-state index in [0.717, 1.165) is 6.42 Å². The van der Waals surface area contributed by atoms with Gasteiger partial charge in [0.2, 0.25) is 0 Å². The van der Waals surface area contributed by atoms with Gasteiger partial charge in [-0.05, 0) is 42.2 Å². The van der Waals surface area contributed by atoms with Crippen molar-refractivity contribution in [2.24, 2.45) is 29.6 Å². The third kappa shape index (κ3) is 6.37. The Kier molecular flexibility index (Phi) is 9.91. The second-order valence-corrected chi connectivity index (χ2v) is 12.2. The highest BCUT2D eigenvalue weighted by Crippen LogP contribution is 2.42. The van der Waals surface area contributed by atoms with Gasteiger partial charge in [-0.15, -0.1) is 11.8 Å². The lowest BCUT2D eigenvalue weighted by atomic mass is 9.78. The van der Waals surface area contributed by atoms with Gasteiger partial charge in [0.1, 0.15) is 18.1 Å². The van der Waals surface area contributed by atoms with Crippen LogP contribution in [0.2, 0.25) is 0 Å². The van der Waals surface area contributed by atoms with E-state index in [9.17, 15) is 4.79 Å². The molecule has 1 aromatic rings. The number of thioether (sulfide) groups is 1. The summed E-state index contributed by atoms with van der Waals surface area (Å²) in [5.41, 5.74) is 0.574. The minimum absolute atomic E-state index is 0.0299. The number of hydrogen-bond acceptors (Lipinski definition) is 6. The number of esters is 1. The lowest BCUT2D eigenvalue weighted by Crippen LogP contribution is -2.55. The molecule has 2 aliphatic heterocycles. The highest BCUT2D eigenvalue weighted by atomic mass is 32.2. The van der Waals surface area contributed by atoms with Crippen molar-refractivity contribution in [3.8, 4) is 0 Å². The minimum Gasteiger partial charge on any atom is -0.459 e. The van der Waals surface area contributed by atoms with Crippen LogP contribution in [0.15, 0.2) is 30.3 Å². The first-order chi connectivity index (χ1) is 16.1. The molecule has 0 aromatic heterocycles. The zero-order valence-electron chi connectivity index (χ0n) is 22.1. The monoisotopic (exact) mass is 492 g/mol. The van der Waals surface area contributed by atoms with Crippen molar-refractivity contribution in [1.82, 2.24) is 0 Å². The van der Waals surface area contributed by atoms with Gasteiger partial charge in [0.15, 0.2) is 6.29 Å². The minimum atomic E-state index is -0.347. The second kappa shape index (κ2) is 12.2. The Morgan fingerprint density at radius 1 is 0.912 bits per heavy atom. The molecule has 2 fully saturated rings. The predicted molar refractivity (Wildman–Crippen MR) is 138 cm³/mol. The summed E-state index contributed by atoms with van der Waals surface area (Å²) in [6.45, 7) is 18.0. The molecule has 0 aliphatic carbocycles. The number of rotatable bonds is 8. The summed E-state index contributed by atoms with van der Waals surface area (Å²) in [6, 6.07) is 9.11. The van der Waals surface area contributed by atoms with E-state index in [1.165, 1.54) is 0 Å². The normalized spacial score (nSPS) is 38.6. The van der Waals surface area contributed by atoms with Crippen LogP contribution in [-0.4, -0.2) is 47.9 Å². The zero-order valence-corrected chi connectivity index (χ0v) is 22.9. The molecule has 0 saturated carbocycles. The van der Waals surface area contributed by atoms with Gasteiger partial charge in [0, 0.05) is 11.2 Å². The van der Waals surface area contributed by atoms with Crippen LogP contribution in [0.1, 0.15) is 72.2 Å². The number of ether oxygens (including phenoxy) is 4. The van der Waals surface area contributed by atoms with Crippen LogP contribution in [-0.2, 0) is 18.9 Å². The molecule has 0 radical (unpaired) electrons. The van der Waals surface area contributed by atoms with Crippen LogP contribution in [0.4, 0.5) is 0 Å². The van der Waals surface area contributed by atoms with Gasteiger partial charge < -0.3 is 18.9 Å². The van der Waals surface area contributed by atoms with Gasteiger partial charge >= 0.3 is 5.97 Å². The largest absolute Gasteiger partial charge is 0.459 e. The van der Waals surface area contributed by atoms with Gasteiger partial charge in [-0.1, -0.05) is 73.6 Å². The molecule has 34 heavy (non-hydrogen) atoms. The Morgan fingerprint density at radius 3 is 2.21 bits per heavy atom. The highest BCUT2D eigenvalue weighted by Gasteiger charge is 2.47. The number of carbonyl (C=O) groups is 1. The van der Waals surface area contributed by atoms with Crippen molar-refractivity contribution in [3.05, 3.63) is 35.9 Å². The van der Waals surface area contributed by atoms with Crippen molar-refractivity contribution >= 4 is 17.7 Å². The topological polar surface area (TPSA) is 54.0 Å². The van der Waals surface area contributed by atoms with E-state index >= 15 is 0 Å². The average Bonchev–Trinajstić information content (AvgIpc) is 2.82. The van der Waals surface area contributed by atoms with Crippen molar-refractivity contribution in [3.63, 3.8) is 0 Å². The smallest absolute Gasteiger partial charge is 0.338 e. The third-order valence-corrected chi connectivity index (χ3v) is 9.28. The van der Waals surface area contributed by atoms with Crippen molar-refractivity contribution in [2.75, 3.05) is 6.61 Å². The molecule has 0 spiro atoms. The van der Waals surface area contributed by atoms with Gasteiger partial charge in [-0.25, -0.2) is 4.79 Å². The highest BCUT2D eigenvalue weighted by molar-refractivity contribution is 8.00. The summed E-state index contributed by atoms with van der Waals surface area (Å²) in [6.07, 6.45) is 0.304. The van der Waals surface area contributed by atoms with E-state index in [1.807, 2.05) is 30.0 Å². The first-order valence-electron chi connectivity index (χ1n) is 13.0. The fourth-order valence-corrected chi connectivity index (χ4v) is 6.35. The van der Waals surface area contributed by atoms with Crippen LogP contribution >= 0.6 is 11.8 Å². The lowest BCUT2D eigenvalue weighted by molar-refractivity contribution is -0.297. The van der Waals surface area contributed by atoms with Gasteiger partial charge in [0.25, 0.3) is 0 Å². The molecule has 4 unspecified atom stereocenters. The maximum Gasteiger partial charge on any atom is 0.338 e. The Morgan fingerprint density at radius 2 is 1.59 bits per heavy atom. The average molecular weight is 493 g/mol. The number of benzene rings is 1. The number of hydrogen-bond donors (Lipinski definition) is 0. The predicted octanol–water partition coefficient (Wildman–Crippen LogP) is 6.41. The van der Waals surface area contributed by atoms with E-state index in [0.29, 0.717) is 28.6 Å². The summed E-state index contributed by atoms with van der Waals surface area (Å²) >= 11 is 1.83. The molecule has 2 saturated heterocycles. The molecule has 2 aliphatic rings. The first-order valence-corrected chi connectivity index (χ1v) is 13.9. The maximum absolute atomic E-state index is 12.7. The molecule has 0 N–H and O–H groups in total. The van der Waals surface area contributed by atoms with E-state index in [1.54, 1.807) is 12.1 Å². The standard InChI is InChI=1S/C28H44O5S/c1-9-23-18(5)17(4)20(7)27(31-23)33-25-19(6)21(8)28(34-16(2)3)32-24(25)15-30-26(29)22-13-11-10-12-14-22/h10-14,16-21,23-25,27-28H,9,15H2,1-8H3/t17-,18-,19+,20?,21?,23?,24?,25+,27-,28-/m0/s1. The Hall–Kier alpha value is -1.08. The molecule has 2 heterocycles. The summed E-state index contributed by atoms with van der Waals surface area (Å²) in [5.74, 6) is 1.47. The van der Waals surface area contributed by atoms with Crippen LogP contribution in [0.3, 0.4) is 0 Å². The molecule has 0 bridgehead atoms. The Bertz CT molecular complexity index is 769. The van der Waals surface area contributed by atoms with E-state index in [-0.39, 0.29) is 54.4 Å². The second-order valence-electron chi connectivity index (χ2n) is 10.5. The quantitative estimate of drug-likeness (QED) is 0.391. The van der Waals surface area contributed by atoms with E-state index in [2.05, 4.69) is 55.4 Å². The van der Waals surface area contributed by atoms with Gasteiger partial charge in [0.05, 0.1) is 17.8 Å². The van der Waals surface area contributed by atoms with Gasteiger partial charge in [-0.3, -0.25) is 0 Å². The number of carbonyl (C=O) groups excluding carboxylic acids is 1. The molecule has 3 rings (SSSR count). The maximum atomic E-state index is 12.7. The van der Waals surface area contributed by atoms with E-state index in [4.69, 9.17) is 18.9 Å². The van der Waals surface area contributed by atoms with Crippen LogP contribution in [0, 0.1) is 29.6 Å². The summed E-state index contributed by atoms with van der Waals surface area (Å²) in [4.78, 5) is 12.7. The molecule has 5 nitrogen and oxygen atoms in total.